The van der Waals surface area contributed by atoms with Gasteiger partial charge in [0.25, 0.3) is 0 Å². The predicted octanol–water partition coefficient (Wildman–Crippen LogP) is 5.43. The molecule has 5 aromatic rings. The first-order valence-electron chi connectivity index (χ1n) is 8.93. The number of nitrogens with zero attached hydrogens (tertiary/aromatic N) is 1. The van der Waals surface area contributed by atoms with E-state index in [2.05, 4.69) is 73.0 Å². The Morgan fingerprint density at radius 1 is 0.885 bits per heavy atom. The van der Waals surface area contributed by atoms with Crippen LogP contribution in [0.1, 0.15) is 24.3 Å². The van der Waals surface area contributed by atoms with Gasteiger partial charge in [-0.1, -0.05) is 67.8 Å². The van der Waals surface area contributed by atoms with E-state index in [4.69, 9.17) is 7.85 Å². The summed E-state index contributed by atoms with van der Waals surface area (Å²) >= 11 is 1.92. The second-order valence-corrected chi connectivity index (χ2v) is 8.77. The van der Waals surface area contributed by atoms with E-state index >= 15 is 0 Å². The predicted molar refractivity (Wildman–Crippen MR) is 114 cm³/mol. The number of fused-ring (bicyclic) bond motifs is 7. The fraction of sp³-hybridized carbons (Fsp3) is 0.130. The van der Waals surface area contributed by atoms with Crippen LogP contribution >= 0.6 is 11.3 Å². The third-order valence-electron chi connectivity index (χ3n) is 5.85. The molecule has 0 spiro atoms. The van der Waals surface area contributed by atoms with Crippen LogP contribution in [-0.2, 0) is 5.41 Å². The first-order chi connectivity index (χ1) is 12.6. The highest BCUT2D eigenvalue weighted by Gasteiger charge is 2.37. The highest BCUT2D eigenvalue weighted by molar-refractivity contribution is 7.19. The van der Waals surface area contributed by atoms with Crippen molar-refractivity contribution >= 4 is 56.5 Å². The van der Waals surface area contributed by atoms with Crippen LogP contribution in [0.3, 0.4) is 0 Å². The molecule has 0 unspecified atom stereocenters. The van der Waals surface area contributed by atoms with E-state index in [1.807, 2.05) is 17.4 Å². The normalized spacial score (nSPS) is 15.0. The minimum absolute atomic E-state index is 0.0194. The summed E-state index contributed by atoms with van der Waals surface area (Å²) in [6.45, 7) is 4.71. The van der Waals surface area contributed by atoms with Gasteiger partial charge < -0.3 is 4.57 Å². The molecule has 0 atom stereocenters. The van der Waals surface area contributed by atoms with E-state index in [0.717, 1.165) is 5.46 Å². The molecule has 0 saturated carbocycles. The zero-order chi connectivity index (χ0) is 17.6. The van der Waals surface area contributed by atoms with Gasteiger partial charge in [-0.15, -0.1) is 11.3 Å². The lowest BCUT2D eigenvalue weighted by molar-refractivity contribution is 0.647. The van der Waals surface area contributed by atoms with E-state index in [9.17, 15) is 0 Å². The van der Waals surface area contributed by atoms with Gasteiger partial charge in [-0.2, -0.15) is 0 Å². The fourth-order valence-electron chi connectivity index (χ4n) is 4.62. The Labute approximate surface area is 157 Å². The Bertz CT molecular complexity index is 1370. The average molecular weight is 349 g/mol. The van der Waals surface area contributed by atoms with E-state index < -0.39 is 0 Å². The van der Waals surface area contributed by atoms with Crippen molar-refractivity contribution in [3.05, 3.63) is 71.1 Å². The number of para-hydroxylation sites is 1. The second kappa shape index (κ2) is 4.60. The van der Waals surface area contributed by atoms with E-state index in [-0.39, 0.29) is 5.41 Å². The number of benzene rings is 3. The lowest BCUT2D eigenvalue weighted by Gasteiger charge is -2.32. The number of hydrogen-bond donors (Lipinski definition) is 0. The van der Waals surface area contributed by atoms with Crippen molar-refractivity contribution in [2.24, 2.45) is 0 Å². The van der Waals surface area contributed by atoms with Crippen molar-refractivity contribution in [3.8, 4) is 5.69 Å². The van der Waals surface area contributed by atoms with Crippen LogP contribution < -0.4 is 5.46 Å². The molecule has 1 nitrogen and oxygen atoms in total. The average Bonchev–Trinajstić information content (AvgIpc) is 3.17. The highest BCUT2D eigenvalue weighted by atomic mass is 32.1. The van der Waals surface area contributed by atoms with E-state index in [1.165, 1.54) is 48.0 Å². The molecule has 3 heterocycles. The Morgan fingerprint density at radius 3 is 2.58 bits per heavy atom. The molecule has 0 saturated heterocycles. The van der Waals surface area contributed by atoms with Crippen molar-refractivity contribution in [2.75, 3.05) is 0 Å². The third-order valence-corrected chi connectivity index (χ3v) is 7.33. The summed E-state index contributed by atoms with van der Waals surface area (Å²) in [6, 6.07) is 21.8. The van der Waals surface area contributed by atoms with Crippen molar-refractivity contribution in [1.29, 1.82) is 0 Å². The first-order valence-corrected chi connectivity index (χ1v) is 9.74. The van der Waals surface area contributed by atoms with Gasteiger partial charge in [-0.3, -0.25) is 0 Å². The molecule has 0 N–H and O–H groups in total. The summed E-state index contributed by atoms with van der Waals surface area (Å²) in [5, 5.41) is 3.87. The molecule has 26 heavy (non-hydrogen) atoms. The molecule has 0 aliphatic carbocycles. The maximum absolute atomic E-state index is 6.13. The zero-order valence-electron chi connectivity index (χ0n) is 14.7. The van der Waals surface area contributed by atoms with Crippen LogP contribution in [0.25, 0.3) is 37.6 Å². The van der Waals surface area contributed by atoms with E-state index in [1.54, 1.807) is 0 Å². The molecule has 6 rings (SSSR count). The monoisotopic (exact) mass is 349 g/mol. The molecule has 1 aliphatic rings. The summed E-state index contributed by atoms with van der Waals surface area (Å²) in [6.07, 6.45) is 0. The third kappa shape index (κ3) is 1.58. The van der Waals surface area contributed by atoms with Crippen molar-refractivity contribution in [2.45, 2.75) is 19.3 Å². The SMILES string of the molecule is [B]c1ccc2c(c1)c1cccc3c1n2-c1c(sc2ccccc12)C3(C)C. The molecule has 2 radical (unpaired) electrons. The lowest BCUT2D eigenvalue weighted by atomic mass is 9.79. The summed E-state index contributed by atoms with van der Waals surface area (Å²) in [5.41, 5.74) is 6.10. The smallest absolute Gasteiger partial charge is 0.113 e. The van der Waals surface area contributed by atoms with Crippen LogP contribution in [0.2, 0.25) is 0 Å². The molecule has 0 fully saturated rings. The van der Waals surface area contributed by atoms with Gasteiger partial charge in [-0.05, 0) is 17.7 Å². The molecule has 0 bridgehead atoms. The number of hydrogen-bond acceptors (Lipinski definition) is 1. The zero-order valence-corrected chi connectivity index (χ0v) is 15.5. The molecule has 3 aromatic carbocycles. The summed E-state index contributed by atoms with van der Waals surface area (Å²) < 4.78 is 3.82. The van der Waals surface area contributed by atoms with Gasteiger partial charge in [-0.25, -0.2) is 0 Å². The Hall–Kier alpha value is -2.52. The standard InChI is InChI=1S/C23H16BNS/c1-23(2)17-8-5-7-14-16-12-13(24)10-11-18(16)25(20(14)17)21-15-6-3-4-9-19(15)26-22(21)23/h3-12H,1-2H3. The number of aromatic nitrogens is 1. The molecule has 2 aromatic heterocycles. The summed E-state index contributed by atoms with van der Waals surface area (Å²) in [7, 11) is 6.13. The maximum atomic E-state index is 6.13. The van der Waals surface area contributed by atoms with Crippen molar-refractivity contribution in [1.82, 2.24) is 4.57 Å². The Morgan fingerprint density at radius 2 is 1.69 bits per heavy atom. The Balaban J connectivity index is 1.96. The second-order valence-electron chi connectivity index (χ2n) is 7.71. The molecular weight excluding hydrogens is 333 g/mol. The summed E-state index contributed by atoms with van der Waals surface area (Å²) in [4.78, 5) is 1.44. The summed E-state index contributed by atoms with van der Waals surface area (Å²) in [5.74, 6) is 0. The minimum atomic E-state index is -0.0194. The number of thiophene rings is 1. The molecule has 1 aliphatic heterocycles. The van der Waals surface area contributed by atoms with Crippen molar-refractivity contribution in [3.63, 3.8) is 0 Å². The van der Waals surface area contributed by atoms with Gasteiger partial charge in [0.1, 0.15) is 7.85 Å². The van der Waals surface area contributed by atoms with Crippen LogP contribution in [0.4, 0.5) is 0 Å². The molecule has 122 valence electrons. The van der Waals surface area contributed by atoms with Gasteiger partial charge >= 0.3 is 0 Å². The fourth-order valence-corrected chi connectivity index (χ4v) is 5.93. The van der Waals surface area contributed by atoms with Crippen LogP contribution in [0.15, 0.2) is 60.7 Å². The van der Waals surface area contributed by atoms with Gasteiger partial charge in [0.2, 0.25) is 0 Å². The van der Waals surface area contributed by atoms with E-state index in [0.29, 0.717) is 0 Å². The van der Waals surface area contributed by atoms with Gasteiger partial charge in [0.15, 0.2) is 0 Å². The van der Waals surface area contributed by atoms with Crippen LogP contribution in [0.5, 0.6) is 0 Å². The largest absolute Gasteiger partial charge is 0.307 e. The maximum Gasteiger partial charge on any atom is 0.113 e. The van der Waals surface area contributed by atoms with Crippen LogP contribution in [-0.4, -0.2) is 12.4 Å². The topological polar surface area (TPSA) is 4.93 Å². The molecule has 0 amide bonds. The highest BCUT2D eigenvalue weighted by Crippen LogP contribution is 2.52. The minimum Gasteiger partial charge on any atom is -0.307 e. The quantitative estimate of drug-likeness (QED) is 0.329. The lowest BCUT2D eigenvalue weighted by Crippen LogP contribution is -2.24. The molecule has 3 heteroatoms. The Kier molecular flexibility index (Phi) is 2.59. The van der Waals surface area contributed by atoms with Gasteiger partial charge in [0, 0.05) is 31.2 Å². The number of rotatable bonds is 0. The van der Waals surface area contributed by atoms with Gasteiger partial charge in [0.05, 0.1) is 16.7 Å². The van der Waals surface area contributed by atoms with Crippen LogP contribution in [0, 0.1) is 0 Å². The molecular formula is C23H16BNS. The van der Waals surface area contributed by atoms with Crippen molar-refractivity contribution < 1.29 is 0 Å². The first kappa shape index (κ1) is 14.6.